The number of nitrogens with one attached hydrogen (secondary N) is 2. The molecule has 8 nitrogen and oxygen atoms in total. The van der Waals surface area contributed by atoms with Gasteiger partial charge in [-0.3, -0.25) is 4.79 Å². The predicted molar refractivity (Wildman–Crippen MR) is 122 cm³/mol. The maximum atomic E-state index is 14.9. The van der Waals surface area contributed by atoms with E-state index in [0.29, 0.717) is 10.6 Å². The molecule has 0 spiro atoms. The van der Waals surface area contributed by atoms with Crippen LogP contribution in [-0.2, 0) is 6.42 Å². The smallest absolute Gasteiger partial charge is 0.389 e. The maximum absolute atomic E-state index is 14.9. The number of aromatic amines is 1. The van der Waals surface area contributed by atoms with Gasteiger partial charge in [0, 0.05) is 34.7 Å². The second-order valence-corrected chi connectivity index (χ2v) is 8.23. The highest BCUT2D eigenvalue weighted by Crippen LogP contribution is 2.32. The van der Waals surface area contributed by atoms with Crippen LogP contribution in [0.1, 0.15) is 30.2 Å². The molecule has 34 heavy (non-hydrogen) atoms. The summed E-state index contributed by atoms with van der Waals surface area (Å²) in [6.45, 7) is 1.74. The standard InChI is InChI=1S/C21H22F4N6O2S/c1-2-12-10-28-20(34-12)14-9-16(29-19(32)17(14)18(30-26)31-27)13-5-4-11(8-15(13)22)33-7-3-6-21(23,24)25/h4-5,8-10H,2-3,6-7,26-27H2,1H3,(H,29,32)(H,30,31). The Bertz CT molecular complexity index is 1240. The van der Waals surface area contributed by atoms with Gasteiger partial charge < -0.3 is 21.0 Å². The van der Waals surface area contributed by atoms with Crippen LogP contribution in [0, 0.1) is 5.82 Å². The van der Waals surface area contributed by atoms with E-state index in [2.05, 4.69) is 20.5 Å². The lowest BCUT2D eigenvalue weighted by Crippen LogP contribution is -2.36. The number of rotatable bonds is 8. The van der Waals surface area contributed by atoms with E-state index in [0.717, 1.165) is 17.4 Å². The summed E-state index contributed by atoms with van der Waals surface area (Å²) in [5, 5.41) is 4.00. The number of H-pyrrole nitrogens is 1. The van der Waals surface area contributed by atoms with Crippen molar-refractivity contribution in [3.05, 3.63) is 57.1 Å². The molecule has 0 radical (unpaired) electrons. The Morgan fingerprint density at radius 2 is 2.06 bits per heavy atom. The second-order valence-electron chi connectivity index (χ2n) is 7.12. The number of pyridine rings is 1. The van der Waals surface area contributed by atoms with Crippen molar-refractivity contribution in [1.82, 2.24) is 15.4 Å². The molecule has 0 bridgehead atoms. The van der Waals surface area contributed by atoms with Gasteiger partial charge in [0.2, 0.25) is 0 Å². The van der Waals surface area contributed by atoms with Gasteiger partial charge in [-0.1, -0.05) is 6.92 Å². The van der Waals surface area contributed by atoms with Crippen LogP contribution in [0.15, 0.2) is 40.4 Å². The lowest BCUT2D eigenvalue weighted by atomic mass is 10.0. The molecule has 0 aliphatic rings. The van der Waals surface area contributed by atoms with Gasteiger partial charge in [0.15, 0.2) is 5.84 Å². The number of benzene rings is 1. The van der Waals surface area contributed by atoms with Gasteiger partial charge in [-0.25, -0.2) is 15.2 Å². The molecule has 0 fully saturated rings. The summed E-state index contributed by atoms with van der Waals surface area (Å²) in [6, 6.07) is 5.34. The van der Waals surface area contributed by atoms with Gasteiger partial charge in [-0.15, -0.1) is 11.3 Å². The van der Waals surface area contributed by atoms with E-state index in [4.69, 9.17) is 16.4 Å². The Labute approximate surface area is 195 Å². The number of hydrogen-bond acceptors (Lipinski definition) is 7. The quantitative estimate of drug-likeness (QED) is 0.0936. The number of nitrogens with zero attached hydrogens (tertiary/aromatic N) is 2. The number of hydrazine groups is 1. The van der Waals surface area contributed by atoms with Gasteiger partial charge >= 0.3 is 6.18 Å². The van der Waals surface area contributed by atoms with Crippen molar-refractivity contribution in [2.24, 2.45) is 16.8 Å². The molecule has 182 valence electrons. The summed E-state index contributed by atoms with van der Waals surface area (Å²) >= 11 is 1.35. The van der Waals surface area contributed by atoms with Crippen molar-refractivity contribution in [3.8, 4) is 27.6 Å². The van der Waals surface area contributed by atoms with Crippen LogP contribution in [0.2, 0.25) is 0 Å². The maximum Gasteiger partial charge on any atom is 0.389 e. The Kier molecular flexibility index (Phi) is 7.89. The zero-order valence-corrected chi connectivity index (χ0v) is 18.8. The monoisotopic (exact) mass is 498 g/mol. The zero-order valence-electron chi connectivity index (χ0n) is 18.0. The third kappa shape index (κ3) is 5.91. The van der Waals surface area contributed by atoms with E-state index in [9.17, 15) is 22.4 Å². The molecule has 0 unspecified atom stereocenters. The minimum atomic E-state index is -4.28. The minimum absolute atomic E-state index is 0.0378. The van der Waals surface area contributed by atoms with Gasteiger partial charge in [0.05, 0.1) is 17.9 Å². The number of aromatic nitrogens is 2. The number of halogens is 4. The van der Waals surface area contributed by atoms with Crippen molar-refractivity contribution < 1.29 is 22.3 Å². The molecule has 3 rings (SSSR count). The lowest BCUT2D eigenvalue weighted by molar-refractivity contribution is -0.136. The summed E-state index contributed by atoms with van der Waals surface area (Å²) in [4.78, 5) is 20.8. The number of alkyl halides is 3. The normalized spacial score (nSPS) is 12.1. The average molecular weight is 499 g/mol. The van der Waals surface area contributed by atoms with E-state index in [1.807, 2.05) is 6.92 Å². The summed E-state index contributed by atoms with van der Waals surface area (Å²) in [7, 11) is 0. The number of aryl methyl sites for hydroxylation is 1. The number of ether oxygens (including phenoxy) is 1. The van der Waals surface area contributed by atoms with Crippen molar-refractivity contribution in [3.63, 3.8) is 0 Å². The molecule has 0 aliphatic carbocycles. The van der Waals surface area contributed by atoms with Gasteiger partial charge in [0.1, 0.15) is 16.6 Å². The Morgan fingerprint density at radius 1 is 1.29 bits per heavy atom. The summed E-state index contributed by atoms with van der Waals surface area (Å²) in [5.74, 6) is 10.1. The first-order valence-electron chi connectivity index (χ1n) is 10.1. The molecule has 3 aromatic rings. The number of hydrogen-bond donors (Lipinski definition) is 4. The molecule has 1 aromatic carbocycles. The first-order chi connectivity index (χ1) is 16.2. The first-order valence-corrected chi connectivity index (χ1v) is 10.9. The molecule has 2 heterocycles. The Balaban J connectivity index is 1.97. The van der Waals surface area contributed by atoms with E-state index >= 15 is 0 Å². The molecule has 0 amide bonds. The number of thiazole rings is 1. The van der Waals surface area contributed by atoms with Crippen molar-refractivity contribution in [2.45, 2.75) is 32.4 Å². The molecule has 0 saturated heterocycles. The van der Waals surface area contributed by atoms with Crippen molar-refractivity contribution >= 4 is 17.2 Å². The average Bonchev–Trinajstić information content (AvgIpc) is 3.27. The minimum Gasteiger partial charge on any atom is -0.493 e. The van der Waals surface area contributed by atoms with Gasteiger partial charge in [-0.05, 0) is 31.0 Å². The highest BCUT2D eigenvalue weighted by atomic mass is 32.1. The predicted octanol–water partition coefficient (Wildman–Crippen LogP) is 3.67. The van der Waals surface area contributed by atoms with Crippen molar-refractivity contribution in [2.75, 3.05) is 6.61 Å². The van der Waals surface area contributed by atoms with Gasteiger partial charge in [-0.2, -0.15) is 18.3 Å². The fourth-order valence-corrected chi connectivity index (χ4v) is 4.02. The number of nitrogens with two attached hydrogens (primary N) is 2. The molecular formula is C21H22F4N6O2S. The van der Waals surface area contributed by atoms with E-state index in [-0.39, 0.29) is 41.4 Å². The van der Waals surface area contributed by atoms with E-state index in [1.165, 1.54) is 29.5 Å². The van der Waals surface area contributed by atoms with Crippen molar-refractivity contribution in [1.29, 1.82) is 0 Å². The third-order valence-electron chi connectivity index (χ3n) is 4.77. The van der Waals surface area contributed by atoms with E-state index in [1.54, 1.807) is 6.20 Å². The largest absolute Gasteiger partial charge is 0.493 e. The fourth-order valence-electron chi connectivity index (χ4n) is 3.14. The summed E-state index contributed by atoms with van der Waals surface area (Å²) in [6.07, 6.45) is -3.12. The van der Waals surface area contributed by atoms with Crippen LogP contribution in [0.25, 0.3) is 21.8 Å². The molecule has 0 atom stereocenters. The number of amidine groups is 1. The van der Waals surface area contributed by atoms with Crippen LogP contribution < -0.4 is 27.4 Å². The third-order valence-corrected chi connectivity index (χ3v) is 5.95. The zero-order chi connectivity index (χ0) is 24.9. The van der Waals surface area contributed by atoms with Crippen LogP contribution in [-0.4, -0.2) is 28.6 Å². The van der Waals surface area contributed by atoms with Gasteiger partial charge in [0.25, 0.3) is 5.56 Å². The second kappa shape index (κ2) is 10.7. The molecule has 13 heteroatoms. The topological polar surface area (TPSA) is 131 Å². The molecule has 6 N–H and O–H groups in total. The van der Waals surface area contributed by atoms with Crippen LogP contribution >= 0.6 is 11.3 Å². The van der Waals surface area contributed by atoms with Crippen LogP contribution in [0.5, 0.6) is 5.75 Å². The summed E-state index contributed by atoms with van der Waals surface area (Å²) in [5.41, 5.74) is 2.22. The summed E-state index contributed by atoms with van der Waals surface area (Å²) < 4.78 is 56.8. The SMILES string of the molecule is CCc1cnc(-c2cc(-c3ccc(OCCCC(F)(F)F)cc3F)[nH]c(=O)c2/C(=N/N)NN)s1. The molecule has 2 aromatic heterocycles. The highest BCUT2D eigenvalue weighted by molar-refractivity contribution is 7.15. The Hall–Kier alpha value is -3.45. The molecular weight excluding hydrogens is 476 g/mol. The molecule has 0 saturated carbocycles. The lowest BCUT2D eigenvalue weighted by Gasteiger charge is -2.13. The molecule has 0 aliphatic heterocycles. The van der Waals surface area contributed by atoms with Crippen LogP contribution in [0.3, 0.4) is 0 Å². The Morgan fingerprint density at radius 3 is 2.65 bits per heavy atom. The fraction of sp³-hybridized carbons (Fsp3) is 0.286. The number of hydrazone groups is 1. The van der Waals surface area contributed by atoms with Crippen LogP contribution in [0.4, 0.5) is 17.6 Å². The first kappa shape index (κ1) is 25.2. The highest BCUT2D eigenvalue weighted by Gasteiger charge is 2.26. The van der Waals surface area contributed by atoms with E-state index < -0.39 is 24.0 Å².